The van der Waals surface area contributed by atoms with Crippen molar-refractivity contribution in [1.82, 2.24) is 0 Å². The van der Waals surface area contributed by atoms with Crippen molar-refractivity contribution in [2.75, 3.05) is 20.3 Å². The Hall–Kier alpha value is -5.12. The van der Waals surface area contributed by atoms with Gasteiger partial charge in [0.2, 0.25) is 0 Å². The number of methoxy groups -OCH3 is 1. The lowest BCUT2D eigenvalue weighted by atomic mass is 9.78. The largest absolute Gasteiger partial charge is 0.497 e. The van der Waals surface area contributed by atoms with Crippen molar-refractivity contribution in [3.8, 4) is 11.5 Å². The molecule has 3 nitrogen and oxygen atoms in total. The van der Waals surface area contributed by atoms with Crippen molar-refractivity contribution in [3.63, 3.8) is 0 Å². The topological polar surface area (TPSA) is 31.0 Å². The summed E-state index contributed by atoms with van der Waals surface area (Å²) in [5, 5.41) is 0. The molecule has 63 heavy (non-hydrogen) atoms. The molecule has 1 saturated carbocycles. The van der Waals surface area contributed by atoms with Crippen LogP contribution in [0, 0.1) is 33.6 Å². The van der Waals surface area contributed by atoms with Crippen LogP contribution in [0.3, 0.4) is 0 Å². The summed E-state index contributed by atoms with van der Waals surface area (Å²) in [6.45, 7) is 26.1. The molecular weight excluding hydrogens is 769 g/mol. The van der Waals surface area contributed by atoms with E-state index in [0.29, 0.717) is 6.10 Å². The van der Waals surface area contributed by atoms with Crippen molar-refractivity contribution in [2.24, 2.45) is 5.92 Å². The third kappa shape index (κ3) is 15.3. The second-order valence-electron chi connectivity index (χ2n) is 18.7. The van der Waals surface area contributed by atoms with E-state index in [2.05, 4.69) is 210 Å². The van der Waals surface area contributed by atoms with Crippen molar-refractivity contribution in [2.45, 2.75) is 133 Å². The van der Waals surface area contributed by atoms with Gasteiger partial charge in [0.05, 0.1) is 26.4 Å². The fraction of sp³-hybridized carbons (Fsp3) is 0.400. The second-order valence-corrected chi connectivity index (χ2v) is 18.7. The molecule has 0 spiro atoms. The van der Waals surface area contributed by atoms with E-state index in [9.17, 15) is 0 Å². The highest BCUT2D eigenvalue weighted by molar-refractivity contribution is 5.43. The Kier molecular flexibility index (Phi) is 19.5. The lowest BCUT2D eigenvalue weighted by Gasteiger charge is -2.26. The Morgan fingerprint density at radius 1 is 0.444 bits per heavy atom. The summed E-state index contributed by atoms with van der Waals surface area (Å²) in [6, 6.07) is 52.2. The zero-order valence-electron chi connectivity index (χ0n) is 39.3. The van der Waals surface area contributed by atoms with Crippen LogP contribution in [0.4, 0.5) is 0 Å². The van der Waals surface area contributed by atoms with Gasteiger partial charge < -0.3 is 14.2 Å². The van der Waals surface area contributed by atoms with Gasteiger partial charge in [0.15, 0.2) is 0 Å². The van der Waals surface area contributed by atoms with E-state index in [4.69, 9.17) is 14.2 Å². The van der Waals surface area contributed by atoms with Crippen LogP contribution in [0.15, 0.2) is 146 Å². The summed E-state index contributed by atoms with van der Waals surface area (Å²) in [5.74, 6) is 2.65. The highest BCUT2D eigenvalue weighted by atomic mass is 16.6. The van der Waals surface area contributed by atoms with Crippen LogP contribution in [0.1, 0.15) is 138 Å². The van der Waals surface area contributed by atoms with E-state index in [1.807, 2.05) is 12.1 Å². The molecule has 1 heterocycles. The number of aryl methyl sites for hydroxylation is 4. The molecule has 2 fully saturated rings. The number of hydrogen-bond donors (Lipinski definition) is 0. The Morgan fingerprint density at radius 2 is 0.698 bits per heavy atom. The second kappa shape index (κ2) is 23.5. The Balaban J connectivity index is 0.000000236. The number of benzene rings is 6. The lowest BCUT2D eigenvalue weighted by Crippen LogP contribution is -2.18. The lowest BCUT2D eigenvalue weighted by molar-refractivity contribution is 0.299. The molecule has 1 aliphatic carbocycles. The highest BCUT2D eigenvalue weighted by Gasteiger charge is 2.26. The SMILES string of the molecule is C.C.CCC1CO1.COc1ccc(C(C)(C)c2ccc(OCC3CC3)cc2)cc1.Cc1ccc(C(C)(C)c2ccc(C)cc2)cc1.Cc1ccc(C(C)(C)c2ccc(C)cc2)cc1. The minimum absolute atomic E-state index is 0. The van der Waals surface area contributed by atoms with E-state index in [1.54, 1.807) is 7.11 Å². The van der Waals surface area contributed by atoms with Crippen LogP contribution >= 0.6 is 0 Å². The average molecular weight is 849 g/mol. The number of epoxide rings is 1. The van der Waals surface area contributed by atoms with Crippen LogP contribution in [-0.2, 0) is 21.0 Å². The van der Waals surface area contributed by atoms with E-state index >= 15 is 0 Å². The van der Waals surface area contributed by atoms with Crippen molar-refractivity contribution in [3.05, 3.63) is 201 Å². The van der Waals surface area contributed by atoms with Crippen LogP contribution in [0.2, 0.25) is 0 Å². The molecule has 0 N–H and O–H groups in total. The summed E-state index contributed by atoms with van der Waals surface area (Å²) in [7, 11) is 1.69. The fourth-order valence-corrected chi connectivity index (χ4v) is 7.16. The third-order valence-electron chi connectivity index (χ3n) is 12.5. The molecule has 2 aliphatic rings. The average Bonchev–Trinajstić information content (AvgIpc) is 4.21. The van der Waals surface area contributed by atoms with Crippen LogP contribution in [0.25, 0.3) is 0 Å². The van der Waals surface area contributed by atoms with Gasteiger partial charge in [-0.2, -0.15) is 0 Å². The van der Waals surface area contributed by atoms with Gasteiger partial charge in [0, 0.05) is 16.2 Å². The Bertz CT molecular complexity index is 1990. The summed E-state index contributed by atoms with van der Waals surface area (Å²) >= 11 is 0. The molecule has 0 aromatic heterocycles. The van der Waals surface area contributed by atoms with Crippen molar-refractivity contribution < 1.29 is 14.2 Å². The van der Waals surface area contributed by atoms with Gasteiger partial charge in [0.25, 0.3) is 0 Å². The maximum atomic E-state index is 5.82. The molecule has 1 saturated heterocycles. The molecule has 8 rings (SSSR count). The van der Waals surface area contributed by atoms with E-state index in [1.165, 1.54) is 74.9 Å². The van der Waals surface area contributed by atoms with Crippen LogP contribution < -0.4 is 9.47 Å². The number of rotatable bonds is 11. The molecule has 338 valence electrons. The molecule has 1 aliphatic heterocycles. The van der Waals surface area contributed by atoms with Gasteiger partial charge >= 0.3 is 0 Å². The Labute approximate surface area is 384 Å². The summed E-state index contributed by atoms with van der Waals surface area (Å²) < 4.78 is 15.9. The molecule has 6 aromatic rings. The molecule has 3 heteroatoms. The first-order chi connectivity index (χ1) is 29.0. The predicted molar refractivity (Wildman–Crippen MR) is 272 cm³/mol. The smallest absolute Gasteiger partial charge is 0.119 e. The maximum Gasteiger partial charge on any atom is 0.119 e. The molecule has 1 unspecified atom stereocenters. The normalized spacial score (nSPS) is 14.1. The molecule has 0 bridgehead atoms. The number of ether oxygens (including phenoxy) is 3. The van der Waals surface area contributed by atoms with Gasteiger partial charge in [-0.05, 0) is 111 Å². The third-order valence-corrected chi connectivity index (χ3v) is 12.5. The quantitative estimate of drug-likeness (QED) is 0.122. The maximum absolute atomic E-state index is 5.82. The highest BCUT2D eigenvalue weighted by Crippen LogP contribution is 2.35. The van der Waals surface area contributed by atoms with E-state index < -0.39 is 0 Å². The van der Waals surface area contributed by atoms with Crippen molar-refractivity contribution >= 4 is 0 Å². The standard InChI is InChI=1S/C20H24O2.2C17H20.C4H8O.2CH4/c1-20(2,16-6-10-18(21-3)11-7-16)17-8-12-19(13-9-17)22-14-15-4-5-15;2*1-13-5-9-15(10-6-13)17(3,4)16-11-7-14(2)8-12-16;1-2-4-3-5-4;;/h6-13,15H,4-5,14H2,1-3H3;2*5-12H,1-4H3;4H,2-3H2,1H3;2*1H4. The number of hydrogen-bond acceptors (Lipinski definition) is 3. The monoisotopic (exact) mass is 849 g/mol. The Morgan fingerprint density at radius 3 is 0.905 bits per heavy atom. The van der Waals surface area contributed by atoms with Gasteiger partial charge in [-0.3, -0.25) is 0 Å². The van der Waals surface area contributed by atoms with Crippen molar-refractivity contribution in [1.29, 1.82) is 0 Å². The molecular formula is C60H80O3. The van der Waals surface area contributed by atoms with Crippen LogP contribution in [-0.4, -0.2) is 26.4 Å². The van der Waals surface area contributed by atoms with E-state index in [0.717, 1.165) is 30.6 Å². The fourth-order valence-electron chi connectivity index (χ4n) is 7.16. The predicted octanol–water partition coefficient (Wildman–Crippen LogP) is 16.1. The molecule has 0 amide bonds. The van der Waals surface area contributed by atoms with Gasteiger partial charge in [-0.15, -0.1) is 0 Å². The molecule has 0 radical (unpaired) electrons. The molecule has 6 aromatic carbocycles. The zero-order chi connectivity index (χ0) is 44.2. The first-order valence-electron chi connectivity index (χ1n) is 22.3. The summed E-state index contributed by atoms with van der Waals surface area (Å²) in [5.41, 5.74) is 13.4. The van der Waals surface area contributed by atoms with E-state index in [-0.39, 0.29) is 31.1 Å². The van der Waals surface area contributed by atoms with Gasteiger partial charge in [-0.25, -0.2) is 0 Å². The first-order valence-corrected chi connectivity index (χ1v) is 22.3. The first kappa shape index (κ1) is 52.2. The zero-order valence-corrected chi connectivity index (χ0v) is 39.3. The minimum Gasteiger partial charge on any atom is -0.497 e. The van der Waals surface area contributed by atoms with Gasteiger partial charge in [-0.1, -0.05) is 207 Å². The molecule has 1 atom stereocenters. The minimum atomic E-state index is -0.0404. The van der Waals surface area contributed by atoms with Crippen LogP contribution in [0.5, 0.6) is 11.5 Å². The summed E-state index contributed by atoms with van der Waals surface area (Å²) in [6.07, 6.45) is 4.47. The summed E-state index contributed by atoms with van der Waals surface area (Å²) in [4.78, 5) is 0. The van der Waals surface area contributed by atoms with Gasteiger partial charge in [0.1, 0.15) is 11.5 Å².